The monoisotopic (exact) mass is 585 g/mol. The highest BCUT2D eigenvalue weighted by atomic mass is 35.5. The molecule has 1 amide bonds. The van der Waals surface area contributed by atoms with Crippen molar-refractivity contribution in [2.75, 3.05) is 19.7 Å². The van der Waals surface area contributed by atoms with Crippen molar-refractivity contribution in [1.29, 1.82) is 0 Å². The predicted molar refractivity (Wildman–Crippen MR) is 137 cm³/mol. The van der Waals surface area contributed by atoms with E-state index in [0.717, 1.165) is 30.3 Å². The van der Waals surface area contributed by atoms with E-state index in [1.807, 2.05) is 0 Å². The number of aromatic nitrogens is 2. The van der Waals surface area contributed by atoms with Gasteiger partial charge in [-0.05, 0) is 42.3 Å². The quantitative estimate of drug-likeness (QED) is 0.378. The maximum Gasteiger partial charge on any atom is 0.254 e. The number of hydrogen-bond donors (Lipinski definition) is 3. The topological polar surface area (TPSA) is 108 Å². The second-order valence-electron chi connectivity index (χ2n) is 9.06. The van der Waals surface area contributed by atoms with Crippen molar-refractivity contribution in [3.63, 3.8) is 0 Å². The summed E-state index contributed by atoms with van der Waals surface area (Å²) in [7, 11) is 0. The highest BCUT2D eigenvalue weighted by Gasteiger charge is 2.46. The predicted octanol–water partition coefficient (Wildman–Crippen LogP) is 3.75. The van der Waals surface area contributed by atoms with Gasteiger partial charge in [0.1, 0.15) is 46.4 Å². The first-order chi connectivity index (χ1) is 18.2. The summed E-state index contributed by atoms with van der Waals surface area (Å²) >= 11 is 12.8. The van der Waals surface area contributed by atoms with Crippen LogP contribution in [-0.2, 0) is 4.74 Å². The van der Waals surface area contributed by atoms with Gasteiger partial charge in [0.25, 0.3) is 5.91 Å². The molecule has 2 fully saturated rings. The first-order valence-corrected chi connectivity index (χ1v) is 13.4. The van der Waals surface area contributed by atoms with Crippen LogP contribution in [0.3, 0.4) is 0 Å². The van der Waals surface area contributed by atoms with Crippen LogP contribution in [0.2, 0.25) is 10.0 Å². The largest absolute Gasteiger partial charge is 0.394 e. The summed E-state index contributed by atoms with van der Waals surface area (Å²) < 4.78 is 35.1. The minimum absolute atomic E-state index is 0.157. The van der Waals surface area contributed by atoms with Crippen molar-refractivity contribution >= 4 is 40.9 Å². The Balaban J connectivity index is 1.44. The van der Waals surface area contributed by atoms with Crippen LogP contribution in [0.4, 0.5) is 8.78 Å². The van der Waals surface area contributed by atoms with E-state index in [2.05, 4.69) is 5.10 Å². The number of rotatable bonds is 6. The summed E-state index contributed by atoms with van der Waals surface area (Å²) in [5.74, 6) is -2.06. The molecule has 38 heavy (non-hydrogen) atoms. The van der Waals surface area contributed by atoms with Gasteiger partial charge in [-0.1, -0.05) is 35.0 Å². The van der Waals surface area contributed by atoms with Crippen LogP contribution in [0.25, 0.3) is 11.1 Å². The number of carbonyl (C=O) groups excluding carboxylic acids is 1. The van der Waals surface area contributed by atoms with Crippen molar-refractivity contribution < 1.29 is 33.6 Å². The Morgan fingerprint density at radius 3 is 2.45 bits per heavy atom. The minimum Gasteiger partial charge on any atom is -0.394 e. The second-order valence-corrected chi connectivity index (χ2v) is 11.0. The number of aliphatic hydroxyl groups excluding tert-OH is 3. The van der Waals surface area contributed by atoms with Crippen molar-refractivity contribution in [3.8, 4) is 11.1 Å². The molecule has 13 heteroatoms. The van der Waals surface area contributed by atoms with Crippen LogP contribution in [0.1, 0.15) is 22.8 Å². The smallest absolute Gasteiger partial charge is 0.254 e. The highest BCUT2D eigenvalue weighted by molar-refractivity contribution is 8.00. The number of amides is 1. The lowest BCUT2D eigenvalue weighted by Gasteiger charge is -2.42. The van der Waals surface area contributed by atoms with Gasteiger partial charge in [-0.3, -0.25) is 9.48 Å². The number of halogens is 4. The van der Waals surface area contributed by atoms with Crippen LogP contribution in [0.5, 0.6) is 0 Å². The van der Waals surface area contributed by atoms with E-state index in [-0.39, 0.29) is 11.5 Å². The number of likely N-dealkylation sites (tertiary alicyclic amines) is 1. The normalized spacial score (nSPS) is 25.3. The van der Waals surface area contributed by atoms with Gasteiger partial charge in [0.05, 0.1) is 18.4 Å². The number of benzene rings is 2. The average molecular weight is 586 g/mol. The lowest BCUT2D eigenvalue weighted by Crippen LogP contribution is -2.55. The van der Waals surface area contributed by atoms with E-state index in [4.69, 9.17) is 27.9 Å². The Labute approximate surface area is 230 Å². The summed E-state index contributed by atoms with van der Waals surface area (Å²) in [5, 5.41) is 36.0. The average Bonchev–Trinajstić information content (AvgIpc) is 3.33. The summed E-state index contributed by atoms with van der Waals surface area (Å²) in [5.41, 5.74) is -0.164. The fourth-order valence-electron chi connectivity index (χ4n) is 4.44. The van der Waals surface area contributed by atoms with Crippen molar-refractivity contribution in [2.45, 2.75) is 41.1 Å². The summed E-state index contributed by atoms with van der Waals surface area (Å²) in [6.45, 7) is 0.744. The molecule has 2 aliphatic rings. The standard InChI is InChI=1S/C25H23Cl2F2N3O5S/c26-14-2-3-15(24(36)31-4-1-5-31)19(8-14)38-25-23(35)21(22(34)18(11-33)37-25)32-10-13(9-30-32)12-6-16(28)20(27)17(29)7-12/h2-3,6-10,18,21-23,25,33-35H,1,4-5,11H2/t18?,21-,22-,23?,25+/m0/s1. The molecule has 2 unspecified atom stereocenters. The number of carbonyl (C=O) groups is 1. The first-order valence-electron chi connectivity index (χ1n) is 11.7. The second kappa shape index (κ2) is 11.1. The van der Waals surface area contributed by atoms with Crippen LogP contribution >= 0.6 is 35.0 Å². The van der Waals surface area contributed by atoms with Crippen LogP contribution in [-0.4, -0.2) is 79.4 Å². The Morgan fingerprint density at radius 2 is 1.82 bits per heavy atom. The van der Waals surface area contributed by atoms with Crippen molar-refractivity contribution in [2.24, 2.45) is 0 Å². The van der Waals surface area contributed by atoms with Gasteiger partial charge in [0.2, 0.25) is 0 Å². The maximum atomic E-state index is 14.0. The third kappa shape index (κ3) is 5.16. The molecule has 2 aromatic carbocycles. The third-order valence-electron chi connectivity index (χ3n) is 6.63. The van der Waals surface area contributed by atoms with Crippen molar-refractivity contribution in [3.05, 3.63) is 70.0 Å². The Morgan fingerprint density at radius 1 is 1.11 bits per heavy atom. The Hall–Kier alpha value is -2.25. The molecular weight excluding hydrogens is 563 g/mol. The molecular formula is C25H23Cl2F2N3O5S. The molecule has 2 aliphatic heterocycles. The number of hydrogen-bond acceptors (Lipinski definition) is 7. The van der Waals surface area contributed by atoms with Crippen molar-refractivity contribution in [1.82, 2.24) is 14.7 Å². The highest BCUT2D eigenvalue weighted by Crippen LogP contribution is 2.40. The number of aliphatic hydroxyl groups is 3. The molecule has 0 radical (unpaired) electrons. The summed E-state index contributed by atoms with van der Waals surface area (Å²) in [6.07, 6.45) is -0.166. The zero-order chi connectivity index (χ0) is 27.1. The first kappa shape index (κ1) is 27.3. The fourth-order valence-corrected chi connectivity index (χ4v) is 6.01. The van der Waals surface area contributed by atoms with Gasteiger partial charge in [-0.15, -0.1) is 0 Å². The van der Waals surface area contributed by atoms with Gasteiger partial charge in [-0.25, -0.2) is 8.78 Å². The van der Waals surface area contributed by atoms with Gasteiger partial charge in [0.15, 0.2) is 0 Å². The lowest BCUT2D eigenvalue weighted by molar-refractivity contribution is -0.178. The molecule has 3 aromatic rings. The van der Waals surface area contributed by atoms with Gasteiger partial charge in [-0.2, -0.15) is 5.10 Å². The minimum atomic E-state index is -1.38. The molecule has 2 saturated heterocycles. The molecule has 0 spiro atoms. The van der Waals surface area contributed by atoms with E-state index in [0.29, 0.717) is 34.1 Å². The Kier molecular flexibility index (Phi) is 7.97. The maximum absolute atomic E-state index is 14.0. The molecule has 5 atom stereocenters. The molecule has 5 rings (SSSR count). The van der Waals surface area contributed by atoms with Gasteiger partial charge in [0, 0.05) is 34.8 Å². The molecule has 0 aliphatic carbocycles. The molecule has 0 bridgehead atoms. The van der Waals surface area contributed by atoms with Gasteiger partial charge < -0.3 is 25.0 Å². The van der Waals surface area contributed by atoms with Crippen LogP contribution < -0.4 is 0 Å². The van der Waals surface area contributed by atoms with Crippen LogP contribution in [0.15, 0.2) is 47.6 Å². The van der Waals surface area contributed by atoms with E-state index >= 15 is 0 Å². The summed E-state index contributed by atoms with van der Waals surface area (Å²) in [4.78, 5) is 15.1. The van der Waals surface area contributed by atoms with Crippen LogP contribution in [0, 0.1) is 11.6 Å². The molecule has 3 N–H and O–H groups in total. The van der Waals surface area contributed by atoms with E-state index in [1.54, 1.807) is 23.1 Å². The molecule has 0 saturated carbocycles. The molecule has 202 valence electrons. The lowest BCUT2D eigenvalue weighted by atomic mass is 9.97. The fraction of sp³-hybridized carbons (Fsp3) is 0.360. The molecule has 8 nitrogen and oxygen atoms in total. The SMILES string of the molecule is O=C(c1ccc(Cl)cc1S[C@H]1OC(CO)[C@H](O)[C@H](n2cc(-c3cc(F)c(Cl)c(F)c3)cn2)C1O)N1CCC1. The van der Waals surface area contributed by atoms with E-state index in [9.17, 15) is 28.9 Å². The summed E-state index contributed by atoms with van der Waals surface area (Å²) in [6, 6.07) is 5.82. The van der Waals surface area contributed by atoms with E-state index < -0.39 is 53.1 Å². The van der Waals surface area contributed by atoms with E-state index in [1.165, 1.54) is 17.1 Å². The zero-order valence-corrected chi connectivity index (χ0v) is 22.0. The third-order valence-corrected chi connectivity index (χ3v) is 8.44. The Bertz CT molecular complexity index is 1340. The van der Waals surface area contributed by atoms with Gasteiger partial charge >= 0.3 is 0 Å². The number of thioether (sulfide) groups is 1. The zero-order valence-electron chi connectivity index (χ0n) is 19.7. The molecule has 3 heterocycles. The number of ether oxygens (including phenoxy) is 1. The molecule has 1 aromatic heterocycles. The number of nitrogens with zero attached hydrogens (tertiary/aromatic N) is 3.